The Labute approximate surface area is 165 Å². The van der Waals surface area contributed by atoms with Crippen LogP contribution in [0, 0.1) is 48.2 Å². The van der Waals surface area contributed by atoms with Crippen LogP contribution in [0.1, 0.15) is 58.4 Å². The van der Waals surface area contributed by atoms with Crippen molar-refractivity contribution in [1.29, 1.82) is 0 Å². The minimum atomic E-state index is 0.909. The van der Waals surface area contributed by atoms with Crippen LogP contribution < -0.4 is 0 Å². The first kappa shape index (κ1) is 19.5. The first-order chi connectivity index (χ1) is 12.8. The zero-order chi connectivity index (χ0) is 19.9. The molecule has 2 heteroatoms. The fourth-order valence-corrected chi connectivity index (χ4v) is 4.57. The smallest absolute Gasteiger partial charge is 0.208 e. The molecular weight excluding hydrogens is 328 g/mol. The van der Waals surface area contributed by atoms with Crippen LogP contribution in [0.25, 0.3) is 11.4 Å². The second-order valence-electron chi connectivity index (χ2n) is 7.83. The van der Waals surface area contributed by atoms with Crippen LogP contribution in [0.5, 0.6) is 0 Å². The molecule has 1 aliphatic rings. The highest BCUT2D eigenvalue weighted by Gasteiger charge is 2.33. The van der Waals surface area contributed by atoms with Crippen molar-refractivity contribution in [2.75, 3.05) is 13.1 Å². The summed E-state index contributed by atoms with van der Waals surface area (Å²) in [7, 11) is 0. The Morgan fingerprint density at radius 3 is 1.15 bits per heavy atom. The Balaban J connectivity index is 2.39. The van der Waals surface area contributed by atoms with Crippen LogP contribution >= 0.6 is 0 Å². The number of rotatable bonds is 4. The monoisotopic (exact) mass is 360 g/mol. The molecule has 2 nitrogen and oxygen atoms in total. The summed E-state index contributed by atoms with van der Waals surface area (Å²) in [5.41, 5.74) is 13.3. The predicted molar refractivity (Wildman–Crippen MR) is 116 cm³/mol. The highest BCUT2D eigenvalue weighted by atomic mass is 15.4. The van der Waals surface area contributed by atoms with Gasteiger partial charge in [0, 0.05) is 24.2 Å². The zero-order valence-electron chi connectivity index (χ0n) is 18.1. The molecule has 2 aromatic rings. The molecule has 0 aliphatic carbocycles. The van der Waals surface area contributed by atoms with E-state index < -0.39 is 0 Å². The average Bonchev–Trinajstić information content (AvgIpc) is 2.91. The fourth-order valence-electron chi connectivity index (χ4n) is 4.57. The van der Waals surface area contributed by atoms with Crippen molar-refractivity contribution in [3.8, 4) is 0 Å². The minimum absolute atomic E-state index is 0.909. The molecule has 0 saturated heterocycles. The molecule has 0 N–H and O–H groups in total. The molecule has 0 atom stereocenters. The molecule has 1 aliphatic heterocycles. The van der Waals surface area contributed by atoms with E-state index in [0.717, 1.165) is 13.1 Å². The fraction of sp³-hybridized carbons (Fsp3) is 0.400. The van der Waals surface area contributed by atoms with Gasteiger partial charge in [-0.15, -0.1) is 0 Å². The molecule has 0 bridgehead atoms. The van der Waals surface area contributed by atoms with E-state index in [4.69, 9.17) is 0 Å². The maximum Gasteiger partial charge on any atom is 0.208 e. The van der Waals surface area contributed by atoms with Crippen LogP contribution in [-0.4, -0.2) is 22.9 Å². The van der Waals surface area contributed by atoms with E-state index in [2.05, 4.69) is 96.1 Å². The van der Waals surface area contributed by atoms with Crippen LogP contribution in [-0.2, 0) is 0 Å². The number of hydrogen-bond donors (Lipinski definition) is 0. The van der Waals surface area contributed by atoms with E-state index in [9.17, 15) is 0 Å². The van der Waals surface area contributed by atoms with Crippen molar-refractivity contribution in [2.24, 2.45) is 0 Å². The predicted octanol–water partition coefficient (Wildman–Crippen LogP) is 6.02. The molecule has 142 valence electrons. The summed E-state index contributed by atoms with van der Waals surface area (Å²) in [4.78, 5) is 4.59. The van der Waals surface area contributed by atoms with Gasteiger partial charge in [-0.3, -0.25) is 0 Å². The Morgan fingerprint density at radius 1 is 0.593 bits per heavy atom. The molecule has 0 aromatic heterocycles. The van der Waals surface area contributed by atoms with Crippen molar-refractivity contribution in [3.63, 3.8) is 0 Å². The second-order valence-corrected chi connectivity index (χ2v) is 7.83. The summed E-state index contributed by atoms with van der Waals surface area (Å²) >= 11 is 0. The van der Waals surface area contributed by atoms with Crippen molar-refractivity contribution >= 4 is 11.4 Å². The lowest BCUT2D eigenvalue weighted by Gasteiger charge is -2.23. The normalized spacial score (nSPS) is 14.5. The Morgan fingerprint density at radius 2 is 0.889 bits per heavy atom. The zero-order valence-corrected chi connectivity index (χ0v) is 18.1. The van der Waals surface area contributed by atoms with E-state index in [1.165, 1.54) is 55.9 Å². The van der Waals surface area contributed by atoms with Gasteiger partial charge < -0.3 is 9.80 Å². The highest BCUT2D eigenvalue weighted by molar-refractivity contribution is 5.95. The van der Waals surface area contributed by atoms with Gasteiger partial charge in [0.2, 0.25) is 6.67 Å². The second kappa shape index (κ2) is 7.42. The van der Waals surface area contributed by atoms with Gasteiger partial charge in [0.05, 0.1) is 11.4 Å². The van der Waals surface area contributed by atoms with E-state index >= 15 is 0 Å². The van der Waals surface area contributed by atoms with Gasteiger partial charge in [-0.1, -0.05) is 35.4 Å². The van der Waals surface area contributed by atoms with Gasteiger partial charge >= 0.3 is 0 Å². The molecule has 0 spiro atoms. The molecule has 2 aromatic carbocycles. The SMILES string of the molecule is CCN1[C]N(CC)C(c2c(C)cc(C)cc2C)=C1c1c(C)cc(C)cc1C. The van der Waals surface area contributed by atoms with Crippen LogP contribution in [0.2, 0.25) is 0 Å². The molecule has 0 fully saturated rings. The maximum atomic E-state index is 3.62. The highest BCUT2D eigenvalue weighted by Crippen LogP contribution is 2.43. The molecule has 2 radical (unpaired) electrons. The van der Waals surface area contributed by atoms with Crippen molar-refractivity contribution in [1.82, 2.24) is 9.80 Å². The summed E-state index contributed by atoms with van der Waals surface area (Å²) < 4.78 is 0. The number of nitrogens with zero attached hydrogens (tertiary/aromatic N) is 2. The topological polar surface area (TPSA) is 6.48 Å². The number of benzene rings is 2. The van der Waals surface area contributed by atoms with Crippen molar-refractivity contribution in [2.45, 2.75) is 55.4 Å². The quantitative estimate of drug-likeness (QED) is 0.658. The third kappa shape index (κ3) is 3.38. The van der Waals surface area contributed by atoms with Gasteiger partial charge in [0.1, 0.15) is 0 Å². The lowest BCUT2D eigenvalue weighted by molar-refractivity contribution is 0.380. The minimum Gasteiger partial charge on any atom is -0.339 e. The maximum absolute atomic E-state index is 3.62. The average molecular weight is 361 g/mol. The lowest BCUT2D eigenvalue weighted by Crippen LogP contribution is -2.22. The summed E-state index contributed by atoms with van der Waals surface area (Å²) in [5, 5.41) is 0. The Bertz CT molecular complexity index is 785. The largest absolute Gasteiger partial charge is 0.339 e. The molecule has 3 rings (SSSR count). The van der Waals surface area contributed by atoms with E-state index in [0.29, 0.717) is 0 Å². The van der Waals surface area contributed by atoms with Crippen LogP contribution in [0.15, 0.2) is 24.3 Å². The van der Waals surface area contributed by atoms with Crippen molar-refractivity contribution in [3.05, 3.63) is 75.4 Å². The summed E-state index contributed by atoms with van der Waals surface area (Å²) in [6.07, 6.45) is 0. The van der Waals surface area contributed by atoms with Gasteiger partial charge in [-0.05, 0) is 77.6 Å². The summed E-state index contributed by atoms with van der Waals surface area (Å²) in [5.74, 6) is 0. The van der Waals surface area contributed by atoms with Gasteiger partial charge in [0.25, 0.3) is 0 Å². The molecule has 27 heavy (non-hydrogen) atoms. The van der Waals surface area contributed by atoms with Crippen molar-refractivity contribution < 1.29 is 0 Å². The third-order valence-corrected chi connectivity index (χ3v) is 5.47. The van der Waals surface area contributed by atoms with Gasteiger partial charge in [0.15, 0.2) is 0 Å². The Kier molecular flexibility index (Phi) is 5.37. The van der Waals surface area contributed by atoms with E-state index in [1.807, 2.05) is 0 Å². The molecular formula is C25H32N2. The molecule has 1 heterocycles. The number of aryl methyl sites for hydroxylation is 6. The summed E-state index contributed by atoms with van der Waals surface area (Å²) in [6, 6.07) is 9.18. The molecule has 0 unspecified atom stereocenters. The molecule has 0 saturated carbocycles. The van der Waals surface area contributed by atoms with E-state index in [-0.39, 0.29) is 0 Å². The standard InChI is InChI=1S/C25H32N2/c1-9-26-15-27(10-2)25(23-20(7)13-17(4)14-21(23)8)24(26)22-18(5)11-16(3)12-19(22)6/h11-14H,9-10H2,1-8H3. The van der Waals surface area contributed by atoms with E-state index in [1.54, 1.807) is 0 Å². The van der Waals surface area contributed by atoms with Crippen LogP contribution in [0.4, 0.5) is 0 Å². The van der Waals surface area contributed by atoms with Gasteiger partial charge in [-0.2, -0.15) is 0 Å². The third-order valence-electron chi connectivity index (χ3n) is 5.47. The first-order valence-electron chi connectivity index (χ1n) is 10.0. The Hall–Kier alpha value is -2.22. The molecule has 0 amide bonds. The van der Waals surface area contributed by atoms with Gasteiger partial charge in [-0.25, -0.2) is 0 Å². The summed E-state index contributed by atoms with van der Waals surface area (Å²) in [6.45, 7) is 23.1. The van der Waals surface area contributed by atoms with Crippen LogP contribution in [0.3, 0.4) is 0 Å². The number of hydrogen-bond acceptors (Lipinski definition) is 2. The lowest BCUT2D eigenvalue weighted by atomic mass is 9.91. The first-order valence-corrected chi connectivity index (χ1v) is 10.0.